The van der Waals surface area contributed by atoms with Gasteiger partial charge in [-0.15, -0.1) is 10.2 Å². The van der Waals surface area contributed by atoms with E-state index in [1.165, 1.54) is 24.6 Å². The number of hydrogen-bond donors (Lipinski definition) is 0. The number of nitrogens with zero attached hydrogens (tertiary/aromatic N) is 4. The average molecular weight is 491 g/mol. The van der Waals surface area contributed by atoms with E-state index in [0.29, 0.717) is 37.7 Å². The van der Waals surface area contributed by atoms with Crippen LogP contribution in [-0.2, 0) is 10.0 Å². The van der Waals surface area contributed by atoms with Crippen LogP contribution in [-0.4, -0.2) is 63.3 Å². The molecule has 2 heterocycles. The van der Waals surface area contributed by atoms with E-state index >= 15 is 0 Å². The van der Waals surface area contributed by atoms with Crippen LogP contribution in [0.1, 0.15) is 0 Å². The zero-order chi connectivity index (χ0) is 24.4. The molecule has 35 heavy (non-hydrogen) atoms. The molecule has 0 unspecified atom stereocenters. The Morgan fingerprint density at radius 1 is 0.800 bits per heavy atom. The predicted molar refractivity (Wildman–Crippen MR) is 135 cm³/mol. The van der Waals surface area contributed by atoms with Gasteiger partial charge >= 0.3 is 0 Å². The Hall–Kier alpha value is -3.69. The van der Waals surface area contributed by atoms with Crippen LogP contribution in [0.2, 0.25) is 0 Å². The molecular weight excluding hydrogens is 464 g/mol. The first-order valence-corrected chi connectivity index (χ1v) is 12.7. The summed E-state index contributed by atoms with van der Waals surface area (Å²) in [6, 6.07) is 23.0. The largest absolute Gasteiger partial charge is 0.497 e. The van der Waals surface area contributed by atoms with E-state index in [1.54, 1.807) is 12.1 Å². The van der Waals surface area contributed by atoms with Crippen LogP contribution in [0.15, 0.2) is 77.7 Å². The number of ether oxygens (including phenoxy) is 2. The normalized spacial score (nSPS) is 14.7. The molecule has 0 saturated carbocycles. The van der Waals surface area contributed by atoms with Crippen molar-refractivity contribution in [3.05, 3.63) is 72.8 Å². The predicted octanol–water partition coefficient (Wildman–Crippen LogP) is 3.82. The van der Waals surface area contributed by atoms with Gasteiger partial charge in [0, 0.05) is 37.8 Å². The van der Waals surface area contributed by atoms with Gasteiger partial charge in [-0.1, -0.05) is 42.5 Å². The molecule has 1 aliphatic rings. The number of methoxy groups -OCH3 is 2. The number of anilines is 1. The van der Waals surface area contributed by atoms with Crippen molar-refractivity contribution < 1.29 is 17.9 Å². The van der Waals surface area contributed by atoms with E-state index < -0.39 is 10.0 Å². The van der Waals surface area contributed by atoms with Crippen LogP contribution in [0.5, 0.6) is 11.5 Å². The number of piperazine rings is 1. The lowest BCUT2D eigenvalue weighted by atomic mass is 10.0. The molecular formula is C26H26N4O4S. The van der Waals surface area contributed by atoms with Gasteiger partial charge in [-0.25, -0.2) is 8.42 Å². The minimum absolute atomic E-state index is 0.104. The lowest BCUT2D eigenvalue weighted by molar-refractivity contribution is 0.370. The Labute approximate surface area is 204 Å². The van der Waals surface area contributed by atoms with Crippen LogP contribution in [0.4, 0.5) is 5.82 Å². The monoisotopic (exact) mass is 490 g/mol. The summed E-state index contributed by atoms with van der Waals surface area (Å²) in [5.74, 6) is 1.48. The third-order valence-electron chi connectivity index (χ3n) is 6.27. The van der Waals surface area contributed by atoms with Gasteiger partial charge < -0.3 is 14.4 Å². The fourth-order valence-corrected chi connectivity index (χ4v) is 5.96. The Morgan fingerprint density at radius 3 is 2.29 bits per heavy atom. The third kappa shape index (κ3) is 4.40. The van der Waals surface area contributed by atoms with Gasteiger partial charge in [-0.2, -0.15) is 4.31 Å². The maximum absolute atomic E-state index is 13.3. The molecule has 8 nitrogen and oxygen atoms in total. The van der Waals surface area contributed by atoms with Crippen molar-refractivity contribution in [1.82, 2.24) is 14.5 Å². The van der Waals surface area contributed by atoms with Crippen molar-refractivity contribution in [2.24, 2.45) is 0 Å². The first kappa shape index (κ1) is 23.1. The molecule has 3 aromatic carbocycles. The summed E-state index contributed by atoms with van der Waals surface area (Å²) in [5.41, 5.74) is 1.84. The number of aromatic nitrogens is 2. The summed E-state index contributed by atoms with van der Waals surface area (Å²) in [4.78, 5) is 2.15. The number of sulfonamides is 1. The Bertz CT molecular complexity index is 1440. The molecule has 0 atom stereocenters. The lowest BCUT2D eigenvalue weighted by Gasteiger charge is -2.34. The molecule has 4 aromatic rings. The number of rotatable bonds is 6. The fourth-order valence-electron chi connectivity index (χ4n) is 4.37. The van der Waals surface area contributed by atoms with E-state index in [2.05, 4.69) is 33.3 Å². The van der Waals surface area contributed by atoms with Crippen molar-refractivity contribution >= 4 is 26.6 Å². The fraction of sp³-hybridized carbons (Fsp3) is 0.231. The molecule has 1 aliphatic heterocycles. The van der Waals surface area contributed by atoms with Crippen molar-refractivity contribution in [2.75, 3.05) is 45.3 Å². The Kier molecular flexibility index (Phi) is 6.27. The van der Waals surface area contributed by atoms with Crippen LogP contribution < -0.4 is 14.4 Å². The third-order valence-corrected chi connectivity index (χ3v) is 8.19. The van der Waals surface area contributed by atoms with Gasteiger partial charge in [0.25, 0.3) is 0 Å². The molecule has 5 rings (SSSR count). The van der Waals surface area contributed by atoms with E-state index in [4.69, 9.17) is 9.47 Å². The molecule has 0 aliphatic carbocycles. The SMILES string of the molecule is COc1ccc(OC)c(S(=O)(=O)N2CCN(c3ccc(-c4cccc5ccccc45)nn3)CC2)c1. The van der Waals surface area contributed by atoms with Crippen LogP contribution in [0.25, 0.3) is 22.0 Å². The highest BCUT2D eigenvalue weighted by Gasteiger charge is 2.31. The van der Waals surface area contributed by atoms with Gasteiger partial charge in [-0.3, -0.25) is 0 Å². The van der Waals surface area contributed by atoms with Gasteiger partial charge in [0.2, 0.25) is 10.0 Å². The lowest BCUT2D eigenvalue weighted by Crippen LogP contribution is -2.49. The second-order valence-electron chi connectivity index (χ2n) is 8.21. The molecule has 0 N–H and O–H groups in total. The topological polar surface area (TPSA) is 84.9 Å². The zero-order valence-electron chi connectivity index (χ0n) is 19.6. The van der Waals surface area contributed by atoms with E-state index in [9.17, 15) is 8.42 Å². The van der Waals surface area contributed by atoms with Crippen molar-refractivity contribution in [1.29, 1.82) is 0 Å². The first-order chi connectivity index (χ1) is 17.0. The van der Waals surface area contributed by atoms with Gasteiger partial charge in [0.05, 0.1) is 19.9 Å². The summed E-state index contributed by atoms with van der Waals surface area (Å²) in [6.07, 6.45) is 0. The maximum atomic E-state index is 13.3. The molecule has 1 saturated heterocycles. The number of fused-ring (bicyclic) bond motifs is 1. The highest BCUT2D eigenvalue weighted by Crippen LogP contribution is 2.32. The van der Waals surface area contributed by atoms with Gasteiger partial charge in [0.1, 0.15) is 16.4 Å². The van der Waals surface area contributed by atoms with Crippen LogP contribution in [0.3, 0.4) is 0 Å². The second kappa shape index (κ2) is 9.52. The summed E-state index contributed by atoms with van der Waals surface area (Å²) in [7, 11) is -0.780. The molecule has 180 valence electrons. The molecule has 9 heteroatoms. The standard InChI is InChI=1S/C26H26N4O4S/c1-33-20-10-12-24(34-2)25(18-20)35(31,32)30-16-14-29(15-17-30)26-13-11-23(27-28-26)22-9-5-7-19-6-3-4-8-21(19)22/h3-13,18H,14-17H2,1-2H3. The van der Waals surface area contributed by atoms with Gasteiger partial charge in [-0.05, 0) is 35.0 Å². The van der Waals surface area contributed by atoms with Crippen LogP contribution in [0, 0.1) is 0 Å². The summed E-state index contributed by atoms with van der Waals surface area (Å²) >= 11 is 0. The molecule has 1 fully saturated rings. The number of hydrogen-bond acceptors (Lipinski definition) is 7. The number of benzene rings is 3. The van der Waals surface area contributed by atoms with E-state index in [-0.39, 0.29) is 4.90 Å². The average Bonchev–Trinajstić information content (AvgIpc) is 2.92. The summed E-state index contributed by atoms with van der Waals surface area (Å²) in [5, 5.41) is 11.2. The van der Waals surface area contributed by atoms with Gasteiger partial charge in [0.15, 0.2) is 5.82 Å². The summed E-state index contributed by atoms with van der Waals surface area (Å²) in [6.45, 7) is 1.67. The van der Waals surface area contributed by atoms with Crippen molar-refractivity contribution in [2.45, 2.75) is 4.90 Å². The smallest absolute Gasteiger partial charge is 0.247 e. The molecule has 0 bridgehead atoms. The molecule has 0 radical (unpaired) electrons. The Morgan fingerprint density at radius 2 is 1.57 bits per heavy atom. The maximum Gasteiger partial charge on any atom is 0.247 e. The minimum Gasteiger partial charge on any atom is -0.497 e. The van der Waals surface area contributed by atoms with E-state index in [1.807, 2.05) is 36.4 Å². The summed E-state index contributed by atoms with van der Waals surface area (Å²) < 4.78 is 38.6. The van der Waals surface area contributed by atoms with Crippen LogP contribution >= 0.6 is 0 Å². The van der Waals surface area contributed by atoms with Crippen molar-refractivity contribution in [3.63, 3.8) is 0 Å². The highest BCUT2D eigenvalue weighted by atomic mass is 32.2. The molecule has 0 spiro atoms. The molecule has 0 amide bonds. The minimum atomic E-state index is -3.74. The van der Waals surface area contributed by atoms with E-state index in [0.717, 1.165) is 27.8 Å². The quantitative estimate of drug-likeness (QED) is 0.406. The highest BCUT2D eigenvalue weighted by molar-refractivity contribution is 7.89. The zero-order valence-corrected chi connectivity index (χ0v) is 20.4. The molecule has 1 aromatic heterocycles. The van der Waals surface area contributed by atoms with Crippen molar-refractivity contribution in [3.8, 4) is 22.8 Å². The second-order valence-corrected chi connectivity index (χ2v) is 10.1. The first-order valence-electron chi connectivity index (χ1n) is 11.3. The Balaban J connectivity index is 1.32.